The molecule has 0 bridgehead atoms. The second kappa shape index (κ2) is 18.8. The van der Waals surface area contributed by atoms with E-state index in [1.54, 1.807) is 6.08 Å². The maximum atomic E-state index is 13.4. The highest BCUT2D eigenvalue weighted by molar-refractivity contribution is 7.47. The number of halogens is 2. The van der Waals surface area contributed by atoms with Gasteiger partial charge in [-0.1, -0.05) is 83.2 Å². The van der Waals surface area contributed by atoms with Crippen LogP contribution in [-0.4, -0.2) is 50.0 Å². The van der Waals surface area contributed by atoms with E-state index >= 15 is 0 Å². The molecule has 4 fully saturated rings. The Hall–Kier alpha value is -2.63. The van der Waals surface area contributed by atoms with Crippen molar-refractivity contribution in [2.75, 3.05) is 6.61 Å². The van der Waals surface area contributed by atoms with Crippen LogP contribution in [0.15, 0.2) is 30.3 Å². The summed E-state index contributed by atoms with van der Waals surface area (Å²) >= 11 is 12.4. The number of carboxylic acid groups (broad SMARTS) is 2. The molecule has 4 saturated carbocycles. The van der Waals surface area contributed by atoms with Crippen molar-refractivity contribution in [1.82, 2.24) is 6.15 Å². The highest BCUT2D eigenvalue weighted by atomic mass is 35.5. The minimum Gasteiger partial charge on any atom is -0.505 e. The Bertz CT molecular complexity index is 1890. The van der Waals surface area contributed by atoms with Crippen LogP contribution in [0.2, 0.25) is 10.0 Å². The summed E-state index contributed by atoms with van der Waals surface area (Å²) in [7, 11) is -4.48. The molecule has 59 heavy (non-hydrogen) atoms. The molecule has 8 N–H and O–H groups in total. The van der Waals surface area contributed by atoms with Gasteiger partial charge in [-0.25, -0.2) is 14.2 Å². The normalized spacial score (nSPS) is 30.3. The molecule has 0 aliphatic heterocycles. The zero-order valence-electron chi connectivity index (χ0n) is 35.1. The number of phosphoric ester groups is 1. The number of phosphoric acid groups is 1. The second-order valence-corrected chi connectivity index (χ2v) is 20.9. The highest BCUT2D eigenvalue weighted by Gasteiger charge is 2.60. The van der Waals surface area contributed by atoms with Crippen molar-refractivity contribution < 1.29 is 48.5 Å². The van der Waals surface area contributed by atoms with Gasteiger partial charge < -0.3 is 31.5 Å². The fourth-order valence-corrected chi connectivity index (χ4v) is 13.6. The summed E-state index contributed by atoms with van der Waals surface area (Å²) < 4.78 is 24.7. The van der Waals surface area contributed by atoms with Gasteiger partial charge in [0.1, 0.15) is 22.6 Å². The number of phenols is 2. The lowest BCUT2D eigenvalue weighted by atomic mass is 9.44. The van der Waals surface area contributed by atoms with E-state index in [4.69, 9.17) is 32.2 Å². The third kappa shape index (κ3) is 9.88. The van der Waals surface area contributed by atoms with Crippen LogP contribution >= 0.6 is 31.0 Å². The van der Waals surface area contributed by atoms with E-state index in [-0.39, 0.29) is 51.3 Å². The average Bonchev–Trinajstić information content (AvgIpc) is 3.51. The fourth-order valence-electron chi connectivity index (χ4n) is 12.2. The molecule has 2 unspecified atom stereocenters. The van der Waals surface area contributed by atoms with Crippen molar-refractivity contribution in [3.05, 3.63) is 62.6 Å². The first-order valence-electron chi connectivity index (χ1n) is 21.1. The molecule has 6 rings (SSSR count). The van der Waals surface area contributed by atoms with E-state index in [2.05, 4.69) is 34.6 Å². The monoisotopic (exact) mass is 879 g/mol. The molecule has 10 atom stereocenters. The van der Waals surface area contributed by atoms with E-state index < -0.39 is 48.5 Å². The van der Waals surface area contributed by atoms with E-state index in [0.29, 0.717) is 23.7 Å². The summed E-state index contributed by atoms with van der Waals surface area (Å²) in [6.07, 6.45) is 15.1. The first-order chi connectivity index (χ1) is 27.3. The van der Waals surface area contributed by atoms with Gasteiger partial charge in [-0.15, -0.1) is 0 Å². The Morgan fingerprint density at radius 1 is 0.847 bits per heavy atom. The lowest BCUT2D eigenvalue weighted by Gasteiger charge is -2.61. The van der Waals surface area contributed by atoms with Gasteiger partial charge in [0.25, 0.3) is 0 Å². The van der Waals surface area contributed by atoms with Crippen LogP contribution < -0.4 is 6.15 Å². The number of carbonyl (C=O) groups is 2. The van der Waals surface area contributed by atoms with Crippen LogP contribution in [0.5, 0.6) is 11.5 Å². The van der Waals surface area contributed by atoms with Crippen molar-refractivity contribution in [3.8, 4) is 11.5 Å². The molecule has 2 aromatic carbocycles. The quantitative estimate of drug-likeness (QED) is 0.0733. The molecule has 2 aromatic rings. The molecular weight excluding hydrogens is 816 g/mol. The van der Waals surface area contributed by atoms with Crippen molar-refractivity contribution >= 4 is 48.5 Å². The zero-order valence-corrected chi connectivity index (χ0v) is 37.5. The van der Waals surface area contributed by atoms with Crippen LogP contribution in [0.3, 0.4) is 0 Å². The molecule has 4 aliphatic carbocycles. The number of hydrogen-bond acceptors (Lipinski definition) is 8. The molecular formula is C45H64Cl2NO10P. The maximum absolute atomic E-state index is 13.4. The Morgan fingerprint density at radius 2 is 1.42 bits per heavy atom. The Labute approximate surface area is 359 Å². The molecule has 0 heterocycles. The number of rotatable bonds is 15. The minimum atomic E-state index is -4.48. The lowest BCUT2D eigenvalue weighted by Crippen LogP contribution is -2.54. The van der Waals surface area contributed by atoms with Crippen LogP contribution in [0.1, 0.15) is 150 Å². The summed E-state index contributed by atoms with van der Waals surface area (Å²) in [4.78, 5) is 34.7. The van der Waals surface area contributed by atoms with E-state index in [0.717, 1.165) is 61.0 Å². The summed E-state index contributed by atoms with van der Waals surface area (Å²) in [5, 5.41) is 39.3. The van der Waals surface area contributed by atoms with Crippen molar-refractivity contribution in [1.29, 1.82) is 0 Å². The smallest absolute Gasteiger partial charge is 0.472 e. The fraction of sp³-hybridized carbons (Fsp3) is 0.644. The molecule has 0 spiro atoms. The Balaban J connectivity index is 0.00000661. The highest BCUT2D eigenvalue weighted by Crippen LogP contribution is 2.69. The second-order valence-electron chi connectivity index (χ2n) is 18.7. The van der Waals surface area contributed by atoms with E-state index in [1.165, 1.54) is 63.5 Å². The van der Waals surface area contributed by atoms with Crippen LogP contribution in [0.4, 0.5) is 0 Å². The predicted molar refractivity (Wildman–Crippen MR) is 231 cm³/mol. The van der Waals surface area contributed by atoms with Crippen LogP contribution in [-0.2, 0) is 13.6 Å². The largest absolute Gasteiger partial charge is 0.505 e. The molecule has 328 valence electrons. The Kier molecular flexibility index (Phi) is 15.1. The number of fused-ring (bicyclic) bond motifs is 5. The molecule has 4 aliphatic rings. The number of hydrogen-bond donors (Lipinski definition) is 6. The standard InChI is InChI=1S/C45H61Cl2O10P.H3N/c1-25(2)8-6-9-26(3)35-13-14-36-32-12-11-29-24-30(15-17-44(29,4)37(32)16-18-45(35,36)5)57-58(54,55)56-19-7-10-31(27-20-33(42(50)51)40(48)38(46)22-27)28-21-34(43(52)53)41(49)39(47)23-28;/h10,20-23,25-26,29-30,32,35-37,48-49H,6-9,11-19,24H2,1-5H3,(H,50,51)(H,52,53)(H,54,55);1H3/t26-,29?,30+,32+,35-,36+,37+,44+,45-;/m1./s1. The van der Waals surface area contributed by atoms with E-state index in [9.17, 15) is 39.5 Å². The number of benzene rings is 2. The summed E-state index contributed by atoms with van der Waals surface area (Å²) in [6.45, 7) is 12.0. The first kappa shape index (κ1) is 47.4. The van der Waals surface area contributed by atoms with Crippen LogP contribution in [0.25, 0.3) is 5.57 Å². The average molecular weight is 881 g/mol. The minimum absolute atomic E-state index is 0. The molecule has 0 amide bonds. The molecule has 0 radical (unpaired) electrons. The van der Waals surface area contributed by atoms with Gasteiger partial charge in [0, 0.05) is 0 Å². The molecule has 0 aromatic heterocycles. The van der Waals surface area contributed by atoms with Crippen molar-refractivity contribution in [3.63, 3.8) is 0 Å². The van der Waals surface area contributed by atoms with Crippen LogP contribution in [0, 0.1) is 52.3 Å². The van der Waals surface area contributed by atoms with Gasteiger partial charge in [0.05, 0.1) is 22.8 Å². The third-order valence-electron chi connectivity index (χ3n) is 15.0. The number of aromatic carboxylic acids is 2. The predicted octanol–water partition coefficient (Wildman–Crippen LogP) is 12.4. The molecule has 14 heteroatoms. The summed E-state index contributed by atoms with van der Waals surface area (Å²) in [5.74, 6) is 0.771. The number of aromatic hydroxyl groups is 2. The van der Waals surface area contributed by atoms with E-state index in [1.807, 2.05) is 0 Å². The van der Waals surface area contributed by atoms with Gasteiger partial charge in [-0.2, -0.15) is 0 Å². The SMILES string of the molecule is CC(C)CCC[C@@H](C)[C@H]1CC[C@H]2[C@@H]3CCC4C[C@@H](OP(=O)(O)OCCC=C(c5cc(Cl)c(O)c(C(=O)O)c5)c5cc(Cl)c(O)c(C(=O)O)c5)CC[C@]4(C)[C@H]3CC[C@]12C.N. The van der Waals surface area contributed by atoms with Crippen molar-refractivity contribution in [2.24, 2.45) is 52.3 Å². The van der Waals surface area contributed by atoms with Gasteiger partial charge in [-0.3, -0.25) is 9.05 Å². The van der Waals surface area contributed by atoms with Crippen molar-refractivity contribution in [2.45, 2.75) is 124 Å². The molecule has 0 saturated heterocycles. The molecule has 11 nitrogen and oxygen atoms in total. The topological polar surface area (TPSA) is 206 Å². The van der Waals surface area contributed by atoms with Gasteiger partial charge >= 0.3 is 19.8 Å². The zero-order chi connectivity index (χ0) is 42.3. The lowest BCUT2D eigenvalue weighted by molar-refractivity contribution is -0.128. The first-order valence-corrected chi connectivity index (χ1v) is 23.4. The van der Waals surface area contributed by atoms with Gasteiger partial charge in [-0.05, 0) is 157 Å². The van der Waals surface area contributed by atoms with Gasteiger partial charge in [0.15, 0.2) is 0 Å². The Morgan fingerprint density at radius 3 is 2.00 bits per heavy atom. The maximum Gasteiger partial charge on any atom is 0.472 e. The third-order valence-corrected chi connectivity index (χ3v) is 16.7. The number of carboxylic acids is 2. The summed E-state index contributed by atoms with van der Waals surface area (Å²) in [6, 6.07) is 4.92. The summed E-state index contributed by atoms with van der Waals surface area (Å²) in [5.41, 5.74) is 0.223. The van der Waals surface area contributed by atoms with Gasteiger partial charge in [0.2, 0.25) is 0 Å².